The van der Waals surface area contributed by atoms with Crippen molar-refractivity contribution in [3.63, 3.8) is 0 Å². The average Bonchev–Trinajstić information content (AvgIpc) is 3.24. The molecule has 2 fully saturated rings. The zero-order valence-electron chi connectivity index (χ0n) is 21.5. The maximum atomic E-state index is 12.7. The summed E-state index contributed by atoms with van der Waals surface area (Å²) in [5.74, 6) is -1.45. The summed E-state index contributed by atoms with van der Waals surface area (Å²) in [6.07, 6.45) is 7.30. The van der Waals surface area contributed by atoms with E-state index in [1.165, 1.54) is 13.0 Å². The highest BCUT2D eigenvalue weighted by Crippen LogP contribution is 2.65. The van der Waals surface area contributed by atoms with E-state index in [4.69, 9.17) is 14.2 Å². The fourth-order valence-corrected chi connectivity index (χ4v) is 6.77. The highest BCUT2D eigenvalue weighted by Gasteiger charge is 2.69. The zero-order valence-corrected chi connectivity index (χ0v) is 21.5. The number of hydrogen-bond acceptors (Lipinski definition) is 8. The molecule has 196 valence electrons. The number of aliphatic hydroxyl groups excluding tert-OH is 1. The first-order chi connectivity index (χ1) is 16.4. The van der Waals surface area contributed by atoms with E-state index in [2.05, 4.69) is 13.8 Å². The van der Waals surface area contributed by atoms with Crippen LogP contribution in [-0.4, -0.2) is 59.1 Å². The number of hydrogen-bond donors (Lipinski definition) is 2. The molecule has 0 spiro atoms. The van der Waals surface area contributed by atoms with Crippen molar-refractivity contribution in [3.05, 3.63) is 23.8 Å². The smallest absolute Gasteiger partial charge is 0.333 e. The first-order valence-corrected chi connectivity index (χ1v) is 12.6. The summed E-state index contributed by atoms with van der Waals surface area (Å²) >= 11 is 0. The summed E-state index contributed by atoms with van der Waals surface area (Å²) < 4.78 is 17.0. The molecule has 35 heavy (non-hydrogen) atoms. The van der Waals surface area contributed by atoms with Gasteiger partial charge in [0.1, 0.15) is 24.4 Å². The van der Waals surface area contributed by atoms with Crippen LogP contribution in [0.4, 0.5) is 0 Å². The van der Waals surface area contributed by atoms with Crippen LogP contribution in [0.25, 0.3) is 0 Å². The quantitative estimate of drug-likeness (QED) is 0.301. The van der Waals surface area contributed by atoms with Gasteiger partial charge >= 0.3 is 17.9 Å². The van der Waals surface area contributed by atoms with Gasteiger partial charge in [-0.2, -0.15) is 0 Å². The number of ether oxygens (including phenoxy) is 3. The van der Waals surface area contributed by atoms with E-state index in [1.54, 1.807) is 26.0 Å². The Morgan fingerprint density at radius 2 is 2.03 bits per heavy atom. The van der Waals surface area contributed by atoms with Crippen LogP contribution in [0.5, 0.6) is 0 Å². The highest BCUT2D eigenvalue weighted by molar-refractivity contribution is 5.87. The maximum Gasteiger partial charge on any atom is 0.333 e. The van der Waals surface area contributed by atoms with E-state index >= 15 is 0 Å². The molecule has 0 amide bonds. The Hall–Kier alpha value is -2.19. The van der Waals surface area contributed by atoms with E-state index in [9.17, 15) is 24.6 Å². The molecule has 0 radical (unpaired) electrons. The van der Waals surface area contributed by atoms with Crippen molar-refractivity contribution in [2.75, 3.05) is 13.2 Å². The van der Waals surface area contributed by atoms with Gasteiger partial charge in [0.2, 0.25) is 0 Å². The maximum absolute atomic E-state index is 12.7. The van der Waals surface area contributed by atoms with Crippen molar-refractivity contribution in [2.24, 2.45) is 22.7 Å². The number of cyclic esters (lactones) is 1. The third-order valence-electron chi connectivity index (χ3n) is 9.08. The zero-order chi connectivity index (χ0) is 26.0. The molecule has 8 heteroatoms. The molecule has 2 N–H and O–H groups in total. The minimum Gasteiger partial charge on any atom is -0.462 e. The number of aliphatic hydroxyl groups is 2. The molecule has 0 aromatic heterocycles. The Morgan fingerprint density at radius 3 is 2.60 bits per heavy atom. The summed E-state index contributed by atoms with van der Waals surface area (Å²) in [6, 6.07) is 0. The molecule has 8 nitrogen and oxygen atoms in total. The number of esters is 3. The number of allylic oxidation sites excluding steroid dienone is 1. The Bertz CT molecular complexity index is 894. The normalized spacial score (nSPS) is 39.1. The van der Waals surface area contributed by atoms with Gasteiger partial charge in [-0.3, -0.25) is 4.79 Å². The van der Waals surface area contributed by atoms with Crippen LogP contribution in [0, 0.1) is 22.7 Å². The molecule has 3 aliphatic rings. The van der Waals surface area contributed by atoms with Crippen molar-refractivity contribution in [1.29, 1.82) is 0 Å². The lowest BCUT2D eigenvalue weighted by molar-refractivity contribution is -0.282. The van der Waals surface area contributed by atoms with E-state index in [0.29, 0.717) is 37.7 Å². The van der Waals surface area contributed by atoms with Gasteiger partial charge in [-0.05, 0) is 69.3 Å². The van der Waals surface area contributed by atoms with Crippen LogP contribution >= 0.6 is 0 Å². The topological polar surface area (TPSA) is 119 Å². The first kappa shape index (κ1) is 27.4. The predicted molar refractivity (Wildman–Crippen MR) is 128 cm³/mol. The third-order valence-corrected chi connectivity index (χ3v) is 9.08. The second kappa shape index (κ2) is 10.4. The number of carbonyl (C=O) groups excluding carboxylic acids is 3. The van der Waals surface area contributed by atoms with Crippen LogP contribution < -0.4 is 0 Å². The van der Waals surface area contributed by atoms with E-state index in [0.717, 1.165) is 6.42 Å². The van der Waals surface area contributed by atoms with Crippen LogP contribution in [0.15, 0.2) is 23.8 Å². The van der Waals surface area contributed by atoms with Crippen LogP contribution in [-0.2, 0) is 28.6 Å². The molecule has 1 unspecified atom stereocenters. The van der Waals surface area contributed by atoms with Crippen molar-refractivity contribution in [2.45, 2.75) is 91.0 Å². The molecule has 2 aliphatic carbocycles. The van der Waals surface area contributed by atoms with E-state index in [1.807, 2.05) is 0 Å². The molecule has 1 aliphatic heterocycles. The molecule has 3 rings (SSSR count). The van der Waals surface area contributed by atoms with Gasteiger partial charge in [0, 0.05) is 18.6 Å². The minimum absolute atomic E-state index is 0.0973. The summed E-state index contributed by atoms with van der Waals surface area (Å²) in [5.41, 5.74) is -2.70. The Morgan fingerprint density at radius 1 is 1.31 bits per heavy atom. The predicted octanol–water partition coefficient (Wildman–Crippen LogP) is 3.25. The van der Waals surface area contributed by atoms with Gasteiger partial charge in [0.15, 0.2) is 0 Å². The van der Waals surface area contributed by atoms with E-state index < -0.39 is 35.7 Å². The van der Waals surface area contributed by atoms with Gasteiger partial charge < -0.3 is 24.4 Å². The monoisotopic (exact) mass is 492 g/mol. The van der Waals surface area contributed by atoms with Gasteiger partial charge in [0.25, 0.3) is 0 Å². The first-order valence-electron chi connectivity index (χ1n) is 12.6. The lowest BCUT2D eigenvalue weighted by Gasteiger charge is -2.65. The van der Waals surface area contributed by atoms with Crippen molar-refractivity contribution < 1.29 is 38.8 Å². The molecule has 0 bridgehead atoms. The molecule has 7 atom stereocenters. The number of fused-ring (bicyclic) bond motifs is 1. The highest BCUT2D eigenvalue weighted by atomic mass is 16.6. The summed E-state index contributed by atoms with van der Waals surface area (Å²) in [6.45, 7) is 8.30. The number of carbonyl (C=O) groups is 3. The second-order valence-corrected chi connectivity index (χ2v) is 10.8. The second-order valence-electron chi connectivity index (χ2n) is 10.8. The minimum atomic E-state index is -1.60. The van der Waals surface area contributed by atoms with E-state index in [-0.39, 0.29) is 35.9 Å². The lowest BCUT2D eigenvalue weighted by Crippen LogP contribution is -2.71. The van der Waals surface area contributed by atoms with Crippen molar-refractivity contribution in [1.82, 2.24) is 0 Å². The molecule has 2 saturated carbocycles. The largest absolute Gasteiger partial charge is 0.462 e. The molecular formula is C27H40O8. The summed E-state index contributed by atoms with van der Waals surface area (Å²) in [5, 5.41) is 22.4. The molecule has 0 aromatic rings. The third kappa shape index (κ3) is 4.92. The molecular weight excluding hydrogens is 452 g/mol. The van der Waals surface area contributed by atoms with Gasteiger partial charge in [-0.1, -0.05) is 26.3 Å². The van der Waals surface area contributed by atoms with Crippen molar-refractivity contribution >= 4 is 17.9 Å². The van der Waals surface area contributed by atoms with Crippen LogP contribution in [0.1, 0.15) is 73.1 Å². The number of rotatable bonds is 8. The average molecular weight is 493 g/mol. The van der Waals surface area contributed by atoms with Crippen LogP contribution in [0.3, 0.4) is 0 Å². The standard InChI is InChI=1S/C27H40O8/c1-6-17(2)24(31)33-16-27-21(8-7-12-26(27,32)15-28)25(5,13-11-20-9-10-23(30)35-20)18(3)14-22(27)34-19(4)29/h6,9-10,18,20-22,28,32H,7-8,11-16H2,1-5H3/b17-6+/t18-,20?,21-,22+,25+,26+,27+/m1/s1. The Kier molecular flexibility index (Phi) is 8.16. The fourth-order valence-electron chi connectivity index (χ4n) is 6.77. The lowest BCUT2D eigenvalue weighted by atomic mass is 9.42. The van der Waals surface area contributed by atoms with Crippen LogP contribution in [0.2, 0.25) is 0 Å². The van der Waals surface area contributed by atoms with Gasteiger partial charge in [-0.25, -0.2) is 9.59 Å². The Labute approximate surface area is 207 Å². The molecule has 0 aromatic carbocycles. The van der Waals surface area contributed by atoms with Gasteiger partial charge in [0.05, 0.1) is 12.0 Å². The molecule has 0 saturated heterocycles. The fraction of sp³-hybridized carbons (Fsp3) is 0.741. The molecule has 1 heterocycles. The van der Waals surface area contributed by atoms with Gasteiger partial charge in [-0.15, -0.1) is 0 Å². The summed E-state index contributed by atoms with van der Waals surface area (Å²) in [7, 11) is 0. The SMILES string of the molecule is C/C=C(\C)C(=O)OC[C@@]12[C@@H](OC(C)=O)C[C@@H](C)[C@](C)(CCC3C=CC(=O)O3)[C@H]1CCC[C@]2(O)CO. The Balaban J connectivity index is 2.05. The summed E-state index contributed by atoms with van der Waals surface area (Å²) in [4.78, 5) is 36.4. The van der Waals surface area contributed by atoms with Crippen molar-refractivity contribution in [3.8, 4) is 0 Å².